The molecule has 2 atom stereocenters. The van der Waals surface area contributed by atoms with Crippen molar-refractivity contribution in [3.05, 3.63) is 60.2 Å². The van der Waals surface area contributed by atoms with Gasteiger partial charge in [-0.3, -0.25) is 0 Å². The molecule has 22 heavy (non-hydrogen) atoms. The summed E-state index contributed by atoms with van der Waals surface area (Å²) in [7, 11) is 0. The lowest BCUT2D eigenvalue weighted by Gasteiger charge is -2.35. The minimum absolute atomic E-state index is 0.00861. The summed E-state index contributed by atoms with van der Waals surface area (Å²) in [6, 6.07) is 8.16. The summed E-state index contributed by atoms with van der Waals surface area (Å²) in [5.74, 6) is 1.86. The molecule has 2 aliphatic rings. The first-order valence-electron chi connectivity index (χ1n) is 7.19. The molecule has 3 heterocycles. The van der Waals surface area contributed by atoms with Gasteiger partial charge in [0.2, 0.25) is 5.89 Å². The zero-order chi connectivity index (χ0) is 15.1. The van der Waals surface area contributed by atoms with Gasteiger partial charge in [-0.05, 0) is 13.0 Å². The first-order valence-corrected chi connectivity index (χ1v) is 7.19. The number of fused-ring (bicyclic) bond motifs is 1. The number of ether oxygens (including phenoxy) is 1. The van der Waals surface area contributed by atoms with E-state index in [1.807, 2.05) is 24.4 Å². The number of aromatic nitrogens is 1. The molecule has 2 aromatic rings. The van der Waals surface area contributed by atoms with Gasteiger partial charge in [-0.2, -0.15) is 0 Å². The maximum Gasteiger partial charge on any atom is 0.242 e. The number of oxazole rings is 1. The number of para-hydroxylation sites is 1. The average molecular weight is 296 g/mol. The molecule has 1 unspecified atom stereocenters. The van der Waals surface area contributed by atoms with Gasteiger partial charge in [0.25, 0.3) is 0 Å². The molecule has 1 aromatic carbocycles. The second-order valence-corrected chi connectivity index (χ2v) is 5.38. The first-order chi connectivity index (χ1) is 10.7. The van der Waals surface area contributed by atoms with Crippen LogP contribution in [0.2, 0.25) is 0 Å². The third-order valence-electron chi connectivity index (χ3n) is 4.06. The van der Waals surface area contributed by atoms with Crippen molar-refractivity contribution in [1.29, 1.82) is 0 Å². The summed E-state index contributed by atoms with van der Waals surface area (Å²) in [5, 5.41) is 0. The Morgan fingerprint density at radius 2 is 2.18 bits per heavy atom. The third kappa shape index (κ3) is 1.95. The number of benzene rings is 1. The van der Waals surface area contributed by atoms with Crippen LogP contribution in [-0.4, -0.2) is 28.2 Å². The Labute approximate surface area is 127 Å². The number of aliphatic imine (C=N–C) groups is 1. The van der Waals surface area contributed by atoms with E-state index in [9.17, 15) is 0 Å². The number of rotatable bonds is 2. The molecule has 4 rings (SSSR count). The SMILES string of the molecule is CC1C(c2ncco2)=NC(N)=CN1[C@H]1COc2ccccc21. The van der Waals surface area contributed by atoms with E-state index in [0.29, 0.717) is 18.3 Å². The summed E-state index contributed by atoms with van der Waals surface area (Å²) in [5.41, 5.74) is 7.88. The first kappa shape index (κ1) is 12.9. The molecule has 0 amide bonds. The molecule has 2 N–H and O–H groups in total. The van der Waals surface area contributed by atoms with E-state index in [0.717, 1.165) is 17.0 Å². The molecule has 0 saturated carbocycles. The van der Waals surface area contributed by atoms with Crippen molar-refractivity contribution in [3.63, 3.8) is 0 Å². The topological polar surface area (TPSA) is 76.9 Å². The molecule has 0 aliphatic carbocycles. The van der Waals surface area contributed by atoms with Gasteiger partial charge in [0.05, 0.1) is 18.3 Å². The van der Waals surface area contributed by atoms with Crippen LogP contribution in [0.15, 0.2) is 58.2 Å². The van der Waals surface area contributed by atoms with E-state index in [2.05, 4.69) is 27.9 Å². The van der Waals surface area contributed by atoms with Crippen LogP contribution in [0.4, 0.5) is 0 Å². The van der Waals surface area contributed by atoms with Crippen LogP contribution in [0.25, 0.3) is 0 Å². The maximum absolute atomic E-state index is 5.99. The van der Waals surface area contributed by atoms with E-state index < -0.39 is 0 Å². The quantitative estimate of drug-likeness (QED) is 0.918. The van der Waals surface area contributed by atoms with Crippen LogP contribution in [0.5, 0.6) is 5.75 Å². The highest BCUT2D eigenvalue weighted by molar-refractivity contribution is 6.01. The highest BCUT2D eigenvalue weighted by Gasteiger charge is 2.35. The number of nitrogens with two attached hydrogens (primary N) is 1. The molecule has 2 aliphatic heterocycles. The number of hydrogen-bond acceptors (Lipinski definition) is 6. The lowest BCUT2D eigenvalue weighted by atomic mass is 10.0. The van der Waals surface area contributed by atoms with Gasteiger partial charge in [-0.1, -0.05) is 18.2 Å². The molecule has 0 fully saturated rings. The normalized spacial score (nSPS) is 23.6. The van der Waals surface area contributed by atoms with Crippen molar-refractivity contribution in [2.45, 2.75) is 19.0 Å². The molecule has 6 nitrogen and oxygen atoms in total. The van der Waals surface area contributed by atoms with Gasteiger partial charge in [0.1, 0.15) is 30.2 Å². The maximum atomic E-state index is 5.99. The minimum atomic E-state index is -0.00861. The van der Waals surface area contributed by atoms with Crippen molar-refractivity contribution in [1.82, 2.24) is 9.88 Å². The van der Waals surface area contributed by atoms with Crippen molar-refractivity contribution in [2.75, 3.05) is 6.61 Å². The second kappa shape index (κ2) is 4.91. The summed E-state index contributed by atoms with van der Waals surface area (Å²) < 4.78 is 11.2. The van der Waals surface area contributed by atoms with Crippen molar-refractivity contribution < 1.29 is 9.15 Å². The smallest absolute Gasteiger partial charge is 0.242 e. The monoisotopic (exact) mass is 296 g/mol. The molecule has 112 valence electrons. The van der Waals surface area contributed by atoms with Gasteiger partial charge in [0, 0.05) is 11.8 Å². The zero-order valence-corrected chi connectivity index (χ0v) is 12.1. The van der Waals surface area contributed by atoms with Gasteiger partial charge < -0.3 is 19.8 Å². The third-order valence-corrected chi connectivity index (χ3v) is 4.06. The summed E-state index contributed by atoms with van der Waals surface area (Å²) in [6.45, 7) is 2.65. The van der Waals surface area contributed by atoms with E-state index in [4.69, 9.17) is 14.9 Å². The number of hydrogen-bond donors (Lipinski definition) is 1. The molecule has 1 aromatic heterocycles. The largest absolute Gasteiger partial charge is 0.491 e. The molecule has 6 heteroatoms. The van der Waals surface area contributed by atoms with Gasteiger partial charge >= 0.3 is 0 Å². The Morgan fingerprint density at radius 1 is 1.32 bits per heavy atom. The van der Waals surface area contributed by atoms with Crippen LogP contribution in [0, 0.1) is 0 Å². The standard InChI is InChI=1S/C16H16N4O2/c1-10-15(16-18-6-7-21-16)19-14(17)8-20(10)12-9-22-13-5-3-2-4-11(12)13/h2-8,10,12H,9,17H2,1H3/t10?,12-/m0/s1. The van der Waals surface area contributed by atoms with Crippen LogP contribution in [-0.2, 0) is 0 Å². The fourth-order valence-corrected chi connectivity index (χ4v) is 3.00. The fourth-order valence-electron chi connectivity index (χ4n) is 3.00. The summed E-state index contributed by atoms with van der Waals surface area (Å²) in [6.07, 6.45) is 5.02. The van der Waals surface area contributed by atoms with Crippen molar-refractivity contribution in [3.8, 4) is 5.75 Å². The van der Waals surface area contributed by atoms with Crippen molar-refractivity contribution in [2.24, 2.45) is 10.7 Å². The fraction of sp³-hybridized carbons (Fsp3) is 0.250. The summed E-state index contributed by atoms with van der Waals surface area (Å²) in [4.78, 5) is 10.8. The molecule has 0 spiro atoms. The van der Waals surface area contributed by atoms with Crippen LogP contribution in [0.1, 0.15) is 24.4 Å². The summed E-state index contributed by atoms with van der Waals surface area (Å²) >= 11 is 0. The van der Waals surface area contributed by atoms with Crippen LogP contribution < -0.4 is 10.5 Å². The highest BCUT2D eigenvalue weighted by atomic mass is 16.5. The predicted molar refractivity (Wildman–Crippen MR) is 81.3 cm³/mol. The van der Waals surface area contributed by atoms with E-state index in [-0.39, 0.29) is 12.1 Å². The lowest BCUT2D eigenvalue weighted by molar-refractivity contribution is 0.201. The minimum Gasteiger partial charge on any atom is -0.491 e. The van der Waals surface area contributed by atoms with E-state index in [1.165, 1.54) is 6.26 Å². The predicted octanol–water partition coefficient (Wildman–Crippen LogP) is 2.06. The molecule has 0 bridgehead atoms. The van der Waals surface area contributed by atoms with Crippen LogP contribution in [0.3, 0.4) is 0 Å². The van der Waals surface area contributed by atoms with Gasteiger partial charge in [-0.25, -0.2) is 9.98 Å². The number of nitrogens with zero attached hydrogens (tertiary/aromatic N) is 3. The Hall–Kier alpha value is -2.76. The van der Waals surface area contributed by atoms with Crippen molar-refractivity contribution >= 4 is 5.71 Å². The van der Waals surface area contributed by atoms with E-state index >= 15 is 0 Å². The Kier molecular flexibility index (Phi) is 2.89. The molecule has 0 saturated heterocycles. The van der Waals surface area contributed by atoms with E-state index in [1.54, 1.807) is 6.20 Å². The molecule has 0 radical (unpaired) electrons. The molecular formula is C16H16N4O2. The Balaban J connectivity index is 1.71. The van der Waals surface area contributed by atoms with Crippen LogP contribution >= 0.6 is 0 Å². The zero-order valence-electron chi connectivity index (χ0n) is 12.1. The lowest BCUT2D eigenvalue weighted by Crippen LogP contribution is -2.42. The Bertz CT molecular complexity index is 751. The van der Waals surface area contributed by atoms with Gasteiger partial charge in [0.15, 0.2) is 0 Å². The Morgan fingerprint density at radius 3 is 3.00 bits per heavy atom. The second-order valence-electron chi connectivity index (χ2n) is 5.38. The molecular weight excluding hydrogens is 280 g/mol. The highest BCUT2D eigenvalue weighted by Crippen LogP contribution is 2.38. The average Bonchev–Trinajstić information content (AvgIpc) is 3.18. The van der Waals surface area contributed by atoms with Gasteiger partial charge in [-0.15, -0.1) is 0 Å².